The molecule has 1 amide bonds. The van der Waals surface area contributed by atoms with Crippen LogP contribution in [-0.4, -0.2) is 30.5 Å². The zero-order valence-corrected chi connectivity index (χ0v) is 10.3. The van der Waals surface area contributed by atoms with Gasteiger partial charge < -0.3 is 9.64 Å². The van der Waals surface area contributed by atoms with Crippen LogP contribution in [0.2, 0.25) is 0 Å². The fourth-order valence-electron chi connectivity index (χ4n) is 2.10. The van der Waals surface area contributed by atoms with Crippen molar-refractivity contribution in [3.8, 4) is 5.75 Å². The smallest absolute Gasteiger partial charge is 0.222 e. The van der Waals surface area contributed by atoms with Crippen LogP contribution in [0.15, 0.2) is 24.3 Å². The maximum absolute atomic E-state index is 11.4. The first-order valence-electron chi connectivity index (χ1n) is 6.23. The number of benzene rings is 1. The van der Waals surface area contributed by atoms with E-state index in [1.54, 1.807) is 0 Å². The minimum Gasteiger partial charge on any atom is -0.493 e. The van der Waals surface area contributed by atoms with Crippen LogP contribution in [0.5, 0.6) is 5.75 Å². The lowest BCUT2D eigenvalue weighted by Crippen LogP contribution is -2.26. The SMILES string of the molecule is Cc1ccccc1OCCCN1CCCC1=O. The van der Waals surface area contributed by atoms with E-state index in [2.05, 4.69) is 0 Å². The number of nitrogens with zero attached hydrogens (tertiary/aromatic N) is 1. The Morgan fingerprint density at radius 2 is 2.18 bits per heavy atom. The van der Waals surface area contributed by atoms with Crippen molar-refractivity contribution in [1.82, 2.24) is 4.90 Å². The van der Waals surface area contributed by atoms with Gasteiger partial charge in [0.1, 0.15) is 5.75 Å². The van der Waals surface area contributed by atoms with Gasteiger partial charge in [0.25, 0.3) is 0 Å². The third kappa shape index (κ3) is 3.22. The second-order valence-electron chi connectivity index (χ2n) is 4.45. The van der Waals surface area contributed by atoms with Crippen molar-refractivity contribution in [2.24, 2.45) is 0 Å². The zero-order valence-electron chi connectivity index (χ0n) is 10.3. The molecule has 0 N–H and O–H groups in total. The quantitative estimate of drug-likeness (QED) is 0.731. The lowest BCUT2D eigenvalue weighted by atomic mass is 10.2. The number of carbonyl (C=O) groups excluding carboxylic acids is 1. The molecule has 92 valence electrons. The van der Waals surface area contributed by atoms with Crippen molar-refractivity contribution >= 4 is 5.91 Å². The molecule has 0 aromatic heterocycles. The Morgan fingerprint density at radius 1 is 1.35 bits per heavy atom. The Labute approximate surface area is 102 Å². The summed E-state index contributed by atoms with van der Waals surface area (Å²) in [7, 11) is 0. The molecule has 1 aliphatic heterocycles. The molecule has 0 saturated carbocycles. The Kier molecular flexibility index (Phi) is 4.02. The average Bonchev–Trinajstić information content (AvgIpc) is 2.73. The van der Waals surface area contributed by atoms with Gasteiger partial charge in [-0.05, 0) is 31.4 Å². The highest BCUT2D eigenvalue weighted by Gasteiger charge is 2.18. The minimum absolute atomic E-state index is 0.292. The number of para-hydroxylation sites is 1. The number of hydrogen-bond acceptors (Lipinski definition) is 2. The maximum Gasteiger partial charge on any atom is 0.222 e. The topological polar surface area (TPSA) is 29.5 Å². The number of likely N-dealkylation sites (tertiary alicyclic amines) is 1. The summed E-state index contributed by atoms with van der Waals surface area (Å²) in [4.78, 5) is 13.3. The van der Waals surface area contributed by atoms with Gasteiger partial charge in [-0.3, -0.25) is 4.79 Å². The van der Waals surface area contributed by atoms with Crippen LogP contribution in [0, 0.1) is 6.92 Å². The van der Waals surface area contributed by atoms with E-state index >= 15 is 0 Å². The van der Waals surface area contributed by atoms with Gasteiger partial charge in [0.05, 0.1) is 6.61 Å². The summed E-state index contributed by atoms with van der Waals surface area (Å²) in [5, 5.41) is 0. The van der Waals surface area contributed by atoms with Crippen LogP contribution >= 0.6 is 0 Å². The van der Waals surface area contributed by atoms with E-state index in [0.29, 0.717) is 12.5 Å². The number of amides is 1. The lowest BCUT2D eigenvalue weighted by Gasteiger charge is -2.15. The Balaban J connectivity index is 1.70. The molecule has 0 unspecified atom stereocenters. The molecular weight excluding hydrogens is 214 g/mol. The molecule has 1 aromatic carbocycles. The average molecular weight is 233 g/mol. The standard InChI is InChI=1S/C14H19NO2/c1-12-6-2-3-7-13(12)17-11-5-10-15-9-4-8-14(15)16/h2-3,6-7H,4-5,8-11H2,1H3. The van der Waals surface area contributed by atoms with Gasteiger partial charge in [0.2, 0.25) is 5.91 Å². The molecule has 17 heavy (non-hydrogen) atoms. The predicted octanol–water partition coefficient (Wildman–Crippen LogP) is 2.39. The minimum atomic E-state index is 0.292. The molecule has 1 saturated heterocycles. The molecule has 0 atom stereocenters. The number of rotatable bonds is 5. The van der Waals surface area contributed by atoms with Gasteiger partial charge in [-0.2, -0.15) is 0 Å². The molecule has 1 aromatic rings. The Hall–Kier alpha value is -1.51. The van der Waals surface area contributed by atoms with Gasteiger partial charge in [-0.1, -0.05) is 18.2 Å². The lowest BCUT2D eigenvalue weighted by molar-refractivity contribution is -0.127. The van der Waals surface area contributed by atoms with Gasteiger partial charge in [-0.25, -0.2) is 0 Å². The van der Waals surface area contributed by atoms with E-state index < -0.39 is 0 Å². The zero-order chi connectivity index (χ0) is 12.1. The fraction of sp³-hybridized carbons (Fsp3) is 0.500. The van der Waals surface area contributed by atoms with Gasteiger partial charge >= 0.3 is 0 Å². The Bertz CT molecular complexity index is 390. The fourth-order valence-corrected chi connectivity index (χ4v) is 2.10. The molecule has 1 fully saturated rings. The number of ether oxygens (including phenoxy) is 1. The van der Waals surface area contributed by atoms with Crippen molar-refractivity contribution in [3.05, 3.63) is 29.8 Å². The highest BCUT2D eigenvalue weighted by Crippen LogP contribution is 2.16. The van der Waals surface area contributed by atoms with Gasteiger partial charge in [-0.15, -0.1) is 0 Å². The number of carbonyl (C=O) groups is 1. The molecule has 3 heteroatoms. The summed E-state index contributed by atoms with van der Waals surface area (Å²) in [6.07, 6.45) is 2.64. The van der Waals surface area contributed by atoms with Crippen LogP contribution < -0.4 is 4.74 Å². The first kappa shape index (κ1) is 12.0. The van der Waals surface area contributed by atoms with Crippen LogP contribution in [0.3, 0.4) is 0 Å². The third-order valence-electron chi connectivity index (χ3n) is 3.09. The third-order valence-corrected chi connectivity index (χ3v) is 3.09. The van der Waals surface area contributed by atoms with E-state index in [1.807, 2.05) is 36.1 Å². The first-order valence-corrected chi connectivity index (χ1v) is 6.23. The summed E-state index contributed by atoms with van der Waals surface area (Å²) in [5.74, 6) is 1.24. The molecule has 0 bridgehead atoms. The van der Waals surface area contributed by atoms with Crippen molar-refractivity contribution < 1.29 is 9.53 Å². The van der Waals surface area contributed by atoms with Crippen molar-refractivity contribution in [1.29, 1.82) is 0 Å². The molecule has 3 nitrogen and oxygen atoms in total. The largest absolute Gasteiger partial charge is 0.493 e. The van der Waals surface area contributed by atoms with E-state index in [-0.39, 0.29) is 0 Å². The number of aryl methyl sites for hydroxylation is 1. The second-order valence-corrected chi connectivity index (χ2v) is 4.45. The van der Waals surface area contributed by atoms with Crippen LogP contribution in [0.1, 0.15) is 24.8 Å². The van der Waals surface area contributed by atoms with Gasteiger partial charge in [0.15, 0.2) is 0 Å². The summed E-state index contributed by atoms with van der Waals surface area (Å²) >= 11 is 0. The highest BCUT2D eigenvalue weighted by molar-refractivity contribution is 5.77. The monoisotopic (exact) mass is 233 g/mol. The molecular formula is C14H19NO2. The van der Waals surface area contributed by atoms with Gasteiger partial charge in [0, 0.05) is 19.5 Å². The predicted molar refractivity (Wildman–Crippen MR) is 67.1 cm³/mol. The molecule has 0 spiro atoms. The van der Waals surface area contributed by atoms with Crippen LogP contribution in [-0.2, 0) is 4.79 Å². The summed E-state index contributed by atoms with van der Waals surface area (Å²) in [6, 6.07) is 8.01. The Morgan fingerprint density at radius 3 is 2.88 bits per heavy atom. The van der Waals surface area contributed by atoms with E-state index in [0.717, 1.165) is 43.7 Å². The molecule has 0 aliphatic carbocycles. The molecule has 0 radical (unpaired) electrons. The summed E-state index contributed by atoms with van der Waals surface area (Å²) in [6.45, 7) is 4.46. The maximum atomic E-state index is 11.4. The normalized spacial score (nSPS) is 15.4. The molecule has 2 rings (SSSR count). The second kappa shape index (κ2) is 5.71. The van der Waals surface area contributed by atoms with E-state index in [1.165, 1.54) is 0 Å². The highest BCUT2D eigenvalue weighted by atomic mass is 16.5. The van der Waals surface area contributed by atoms with Crippen molar-refractivity contribution in [2.75, 3.05) is 19.7 Å². The van der Waals surface area contributed by atoms with Crippen molar-refractivity contribution in [3.63, 3.8) is 0 Å². The van der Waals surface area contributed by atoms with E-state index in [9.17, 15) is 4.79 Å². The van der Waals surface area contributed by atoms with E-state index in [4.69, 9.17) is 4.74 Å². The number of hydrogen-bond donors (Lipinski definition) is 0. The molecule has 1 heterocycles. The van der Waals surface area contributed by atoms with Crippen molar-refractivity contribution in [2.45, 2.75) is 26.2 Å². The summed E-state index contributed by atoms with van der Waals surface area (Å²) < 4.78 is 5.69. The first-order chi connectivity index (χ1) is 8.27. The van der Waals surface area contributed by atoms with Crippen LogP contribution in [0.25, 0.3) is 0 Å². The van der Waals surface area contributed by atoms with Crippen LogP contribution in [0.4, 0.5) is 0 Å². The molecule has 1 aliphatic rings. The summed E-state index contributed by atoms with van der Waals surface area (Å²) in [5.41, 5.74) is 1.16.